The Bertz CT molecular complexity index is 808. The van der Waals surface area contributed by atoms with Crippen LogP contribution in [-0.2, 0) is 9.59 Å². The van der Waals surface area contributed by atoms with Gasteiger partial charge in [-0.05, 0) is 54.7 Å². The van der Waals surface area contributed by atoms with Crippen LogP contribution in [0.15, 0.2) is 28.7 Å². The molecular formula is C22H30BrN3O3. The number of hydrogen-bond acceptors (Lipinski definition) is 3. The van der Waals surface area contributed by atoms with E-state index in [0.29, 0.717) is 25.2 Å². The highest BCUT2D eigenvalue weighted by Crippen LogP contribution is 2.46. The number of hydrogen-bond donors (Lipinski definition) is 2. The molecule has 6 nitrogen and oxygen atoms in total. The number of rotatable bonds is 5. The third-order valence-electron chi connectivity index (χ3n) is 5.94. The number of benzene rings is 1. The summed E-state index contributed by atoms with van der Waals surface area (Å²) in [5.74, 6) is -0.268. The summed E-state index contributed by atoms with van der Waals surface area (Å²) in [6.45, 7) is 8.10. The lowest BCUT2D eigenvalue weighted by molar-refractivity contribution is -0.137. The average molecular weight is 464 g/mol. The minimum absolute atomic E-state index is 0.0340. The highest BCUT2D eigenvalue weighted by molar-refractivity contribution is 9.10. The summed E-state index contributed by atoms with van der Waals surface area (Å²) in [6, 6.07) is 7.12. The smallest absolute Gasteiger partial charge is 0.325 e. The van der Waals surface area contributed by atoms with E-state index in [-0.39, 0.29) is 29.8 Å². The lowest BCUT2D eigenvalue weighted by Gasteiger charge is -2.43. The number of carbonyl (C=O) groups excluding carboxylic acids is 3. The van der Waals surface area contributed by atoms with Crippen LogP contribution >= 0.6 is 15.9 Å². The quantitative estimate of drug-likeness (QED) is 0.643. The van der Waals surface area contributed by atoms with Crippen LogP contribution in [0, 0.1) is 11.3 Å². The Morgan fingerprint density at radius 1 is 1.28 bits per heavy atom. The van der Waals surface area contributed by atoms with Crippen molar-refractivity contribution < 1.29 is 14.4 Å². The minimum Gasteiger partial charge on any atom is -0.348 e. The van der Waals surface area contributed by atoms with Gasteiger partial charge in [-0.25, -0.2) is 4.79 Å². The summed E-state index contributed by atoms with van der Waals surface area (Å²) in [5, 5.41) is 5.88. The molecule has 1 heterocycles. The van der Waals surface area contributed by atoms with Crippen LogP contribution in [-0.4, -0.2) is 34.8 Å². The maximum Gasteiger partial charge on any atom is 0.325 e. The van der Waals surface area contributed by atoms with Crippen molar-refractivity contribution in [3.63, 3.8) is 0 Å². The van der Waals surface area contributed by atoms with Gasteiger partial charge in [0, 0.05) is 4.47 Å². The normalized spacial score (nSPS) is 27.1. The second-order valence-corrected chi connectivity index (χ2v) is 10.3. The van der Waals surface area contributed by atoms with E-state index in [1.807, 2.05) is 31.2 Å². The summed E-state index contributed by atoms with van der Waals surface area (Å²) in [5.41, 5.74) is 0.0721. The number of carbonyl (C=O) groups is 3. The summed E-state index contributed by atoms with van der Waals surface area (Å²) in [7, 11) is 0. The van der Waals surface area contributed by atoms with Crippen molar-refractivity contribution >= 4 is 33.8 Å². The third kappa shape index (κ3) is 4.65. The summed E-state index contributed by atoms with van der Waals surface area (Å²) in [6.07, 6.45) is 2.95. The predicted molar refractivity (Wildman–Crippen MR) is 115 cm³/mol. The predicted octanol–water partition coefficient (Wildman–Crippen LogP) is 4.15. The van der Waals surface area contributed by atoms with E-state index in [4.69, 9.17) is 0 Å². The standard InChI is InChI=1S/C22H30BrN3O3/c1-5-17(15-6-8-16(23)9-7-15)24-18(27)12-26-19(28)22(25-20(26)29)11-14(2)10-21(3,4)13-22/h6-9,14,17H,5,10-13H2,1-4H3,(H,24,27)(H,25,29)/t14-,17-,22+/m1/s1. The van der Waals surface area contributed by atoms with Gasteiger partial charge in [0.05, 0.1) is 6.04 Å². The van der Waals surface area contributed by atoms with Crippen LogP contribution in [0.1, 0.15) is 65.0 Å². The molecule has 0 unspecified atom stereocenters. The maximum absolute atomic E-state index is 13.2. The van der Waals surface area contributed by atoms with Gasteiger partial charge in [-0.15, -0.1) is 0 Å². The van der Waals surface area contributed by atoms with E-state index in [9.17, 15) is 14.4 Å². The first kappa shape index (κ1) is 21.8. The molecule has 2 N–H and O–H groups in total. The van der Waals surface area contributed by atoms with E-state index in [0.717, 1.165) is 21.4 Å². The Balaban J connectivity index is 1.69. The first-order chi connectivity index (χ1) is 13.5. The molecule has 1 spiro atoms. The lowest BCUT2D eigenvalue weighted by Crippen LogP contribution is -2.54. The van der Waals surface area contributed by atoms with E-state index < -0.39 is 11.6 Å². The van der Waals surface area contributed by atoms with E-state index in [1.165, 1.54) is 0 Å². The molecule has 158 valence electrons. The van der Waals surface area contributed by atoms with E-state index >= 15 is 0 Å². The van der Waals surface area contributed by atoms with Gasteiger partial charge in [-0.2, -0.15) is 0 Å². The van der Waals surface area contributed by atoms with Gasteiger partial charge >= 0.3 is 6.03 Å². The zero-order chi connectivity index (χ0) is 21.4. The van der Waals surface area contributed by atoms with Gasteiger partial charge in [-0.1, -0.05) is 55.8 Å². The summed E-state index contributed by atoms with van der Waals surface area (Å²) in [4.78, 5) is 39.5. The molecule has 2 aliphatic rings. The van der Waals surface area contributed by atoms with Crippen molar-refractivity contribution in [3.8, 4) is 0 Å². The SMILES string of the molecule is CC[C@@H](NC(=O)CN1C(=O)N[C@]2(C[C@H](C)CC(C)(C)C2)C1=O)c1ccc(Br)cc1. The van der Waals surface area contributed by atoms with Gasteiger partial charge in [0.15, 0.2) is 0 Å². The second-order valence-electron chi connectivity index (χ2n) is 9.34. The molecule has 1 aliphatic carbocycles. The van der Waals surface area contributed by atoms with E-state index in [2.05, 4.69) is 47.3 Å². The molecule has 1 saturated carbocycles. The van der Waals surface area contributed by atoms with Crippen LogP contribution in [0.25, 0.3) is 0 Å². The van der Waals surface area contributed by atoms with Crippen LogP contribution < -0.4 is 10.6 Å². The highest BCUT2D eigenvalue weighted by Gasteiger charge is 2.56. The van der Waals surface area contributed by atoms with E-state index in [1.54, 1.807) is 0 Å². The summed E-state index contributed by atoms with van der Waals surface area (Å²) >= 11 is 3.41. The highest BCUT2D eigenvalue weighted by atomic mass is 79.9. The topological polar surface area (TPSA) is 78.5 Å². The fourth-order valence-corrected chi connectivity index (χ4v) is 5.41. The van der Waals surface area contributed by atoms with Crippen molar-refractivity contribution in [2.45, 2.75) is 65.0 Å². The molecule has 1 saturated heterocycles. The fourth-order valence-electron chi connectivity index (χ4n) is 5.15. The molecule has 1 aliphatic heterocycles. The van der Waals surface area contributed by atoms with Crippen LogP contribution in [0.2, 0.25) is 0 Å². The third-order valence-corrected chi connectivity index (χ3v) is 6.47. The fraction of sp³-hybridized carbons (Fsp3) is 0.591. The molecular weight excluding hydrogens is 434 g/mol. The van der Waals surface area contributed by atoms with Crippen molar-refractivity contribution in [1.29, 1.82) is 0 Å². The number of halogens is 1. The van der Waals surface area contributed by atoms with Crippen LogP contribution in [0.3, 0.4) is 0 Å². The van der Waals surface area contributed by atoms with Crippen LogP contribution in [0.5, 0.6) is 0 Å². The van der Waals surface area contributed by atoms with Crippen molar-refractivity contribution in [1.82, 2.24) is 15.5 Å². The first-order valence-corrected chi connectivity index (χ1v) is 11.0. The number of urea groups is 1. The molecule has 0 bridgehead atoms. The van der Waals surface area contributed by atoms with Crippen molar-refractivity contribution in [2.24, 2.45) is 11.3 Å². The zero-order valence-corrected chi connectivity index (χ0v) is 19.1. The number of imide groups is 1. The Kier molecular flexibility index (Phi) is 6.08. The molecule has 1 aromatic carbocycles. The number of nitrogens with one attached hydrogen (secondary N) is 2. The summed E-state index contributed by atoms with van der Waals surface area (Å²) < 4.78 is 0.969. The van der Waals surface area contributed by atoms with Crippen molar-refractivity contribution in [3.05, 3.63) is 34.3 Å². The van der Waals surface area contributed by atoms with Gasteiger partial charge < -0.3 is 10.6 Å². The molecule has 3 atom stereocenters. The molecule has 2 fully saturated rings. The van der Waals surface area contributed by atoms with Gasteiger partial charge in [0.1, 0.15) is 12.1 Å². The van der Waals surface area contributed by atoms with Gasteiger partial charge in [0.2, 0.25) is 5.91 Å². The van der Waals surface area contributed by atoms with Crippen molar-refractivity contribution in [2.75, 3.05) is 6.54 Å². The lowest BCUT2D eigenvalue weighted by atomic mass is 9.64. The Morgan fingerprint density at radius 2 is 1.93 bits per heavy atom. The molecule has 0 aromatic heterocycles. The largest absolute Gasteiger partial charge is 0.348 e. The average Bonchev–Trinajstić information content (AvgIpc) is 2.82. The molecule has 1 aromatic rings. The molecule has 0 radical (unpaired) electrons. The van der Waals surface area contributed by atoms with Gasteiger partial charge in [0.25, 0.3) is 5.91 Å². The van der Waals surface area contributed by atoms with Gasteiger partial charge in [-0.3, -0.25) is 14.5 Å². The van der Waals surface area contributed by atoms with Crippen LogP contribution in [0.4, 0.5) is 4.79 Å². The first-order valence-electron chi connectivity index (χ1n) is 10.2. The zero-order valence-electron chi connectivity index (χ0n) is 17.5. The monoisotopic (exact) mass is 463 g/mol. The molecule has 3 rings (SSSR count). The number of nitrogens with zero attached hydrogens (tertiary/aromatic N) is 1. The minimum atomic E-state index is -0.881. The molecule has 4 amide bonds. The second kappa shape index (κ2) is 8.09. The number of amides is 4. The molecule has 7 heteroatoms. The maximum atomic E-state index is 13.2. The molecule has 29 heavy (non-hydrogen) atoms. The Morgan fingerprint density at radius 3 is 2.52 bits per heavy atom. The Hall–Kier alpha value is -1.89. The Labute approximate surface area is 180 Å².